The van der Waals surface area contributed by atoms with Crippen LogP contribution in [0.25, 0.3) is 11.6 Å². The van der Waals surface area contributed by atoms with Crippen molar-refractivity contribution < 1.29 is 61.9 Å². The van der Waals surface area contributed by atoms with E-state index in [1.54, 1.807) is 51.7 Å². The molecule has 0 heterocycles. The second-order valence-electron chi connectivity index (χ2n) is 10.3. The average molecular weight is 708 g/mol. The SMILES string of the molecule is COCCOCCOCCOc1cc(/C=C(\C#N)c2ccc(O)cc2)cc(OCCOCCOCCOC)c1OCCOCCOCCOC. The average Bonchev–Trinajstić information content (AvgIpc) is 3.12. The lowest BCUT2D eigenvalue weighted by atomic mass is 10.0. The smallest absolute Gasteiger partial charge is 0.203 e. The van der Waals surface area contributed by atoms with Crippen molar-refractivity contribution in [2.24, 2.45) is 0 Å². The van der Waals surface area contributed by atoms with Crippen LogP contribution in [0.15, 0.2) is 36.4 Å². The van der Waals surface area contributed by atoms with Crippen molar-refractivity contribution in [1.82, 2.24) is 0 Å². The summed E-state index contributed by atoms with van der Waals surface area (Å²) in [6, 6.07) is 12.2. The van der Waals surface area contributed by atoms with Gasteiger partial charge in [0.05, 0.1) is 111 Å². The van der Waals surface area contributed by atoms with Gasteiger partial charge in [-0.15, -0.1) is 0 Å². The van der Waals surface area contributed by atoms with Crippen molar-refractivity contribution in [3.63, 3.8) is 0 Å². The number of rotatable bonds is 32. The lowest BCUT2D eigenvalue weighted by Crippen LogP contribution is -2.15. The summed E-state index contributed by atoms with van der Waals surface area (Å²) in [5.41, 5.74) is 1.66. The Morgan fingerprint density at radius 3 is 1.28 bits per heavy atom. The van der Waals surface area contributed by atoms with Crippen LogP contribution >= 0.6 is 0 Å². The number of phenols is 1. The molecule has 0 fully saturated rings. The number of aromatic hydroxyl groups is 1. The number of benzene rings is 2. The Bertz CT molecular complexity index is 1160. The van der Waals surface area contributed by atoms with Gasteiger partial charge >= 0.3 is 0 Å². The Balaban J connectivity index is 2.19. The first-order chi connectivity index (χ1) is 24.6. The molecule has 0 aromatic heterocycles. The summed E-state index contributed by atoms with van der Waals surface area (Å²) in [5, 5.41) is 19.7. The number of hydrogen-bond acceptors (Lipinski definition) is 14. The maximum absolute atomic E-state index is 9.97. The molecule has 0 unspecified atom stereocenters. The molecule has 0 saturated heterocycles. The van der Waals surface area contributed by atoms with Crippen LogP contribution in [0.5, 0.6) is 23.0 Å². The number of nitrogens with zero attached hydrogens (tertiary/aromatic N) is 1. The Morgan fingerprint density at radius 2 is 0.900 bits per heavy atom. The molecule has 0 bridgehead atoms. The fourth-order valence-corrected chi connectivity index (χ4v) is 4.04. The summed E-state index contributed by atoms with van der Waals surface area (Å²) >= 11 is 0. The van der Waals surface area contributed by atoms with Gasteiger partial charge in [-0.25, -0.2) is 0 Å². The lowest BCUT2D eigenvalue weighted by Gasteiger charge is -2.18. The molecule has 2 aromatic carbocycles. The summed E-state index contributed by atoms with van der Waals surface area (Å²) in [4.78, 5) is 0. The molecular formula is C36H53NO13. The largest absolute Gasteiger partial charge is 0.508 e. The van der Waals surface area contributed by atoms with Crippen molar-refractivity contribution in [1.29, 1.82) is 5.26 Å². The van der Waals surface area contributed by atoms with Gasteiger partial charge in [0, 0.05) is 21.3 Å². The molecule has 2 aromatic rings. The zero-order valence-corrected chi connectivity index (χ0v) is 29.6. The van der Waals surface area contributed by atoms with E-state index < -0.39 is 0 Å². The van der Waals surface area contributed by atoms with E-state index in [9.17, 15) is 10.4 Å². The Hall–Kier alpha value is -3.49. The maximum Gasteiger partial charge on any atom is 0.203 e. The molecule has 280 valence electrons. The molecule has 0 radical (unpaired) electrons. The van der Waals surface area contributed by atoms with Gasteiger partial charge in [0.25, 0.3) is 0 Å². The standard InChI is InChI=1S/C36H53NO13/c1-39-8-11-42-14-17-45-20-23-48-34-27-30(26-32(29-37)31-4-6-33(38)7-5-31)28-35(49-24-21-46-18-15-43-12-9-40-2)36(34)50-25-22-47-19-16-44-13-10-41-3/h4-7,26-28,38H,8-25H2,1-3H3/b32-26+. The molecule has 1 N–H and O–H groups in total. The number of phenolic OH excluding ortho intramolecular Hbond substituents is 1. The highest BCUT2D eigenvalue weighted by Crippen LogP contribution is 2.40. The summed E-state index contributed by atoms with van der Waals surface area (Å²) in [7, 11) is 4.86. The third-order valence-corrected chi connectivity index (χ3v) is 6.51. The van der Waals surface area contributed by atoms with Crippen molar-refractivity contribution in [3.05, 3.63) is 47.5 Å². The van der Waals surface area contributed by atoms with E-state index in [1.165, 1.54) is 12.1 Å². The predicted octanol–water partition coefficient (Wildman–Crippen LogP) is 3.63. The minimum atomic E-state index is 0.106. The van der Waals surface area contributed by atoms with E-state index in [-0.39, 0.29) is 25.6 Å². The molecule has 14 heteroatoms. The number of ether oxygens (including phenoxy) is 12. The first-order valence-corrected chi connectivity index (χ1v) is 16.5. The van der Waals surface area contributed by atoms with E-state index in [4.69, 9.17) is 56.8 Å². The summed E-state index contributed by atoms with van der Waals surface area (Å²) in [6.07, 6.45) is 1.71. The number of allylic oxidation sites excluding steroid dienone is 1. The predicted molar refractivity (Wildman–Crippen MR) is 185 cm³/mol. The van der Waals surface area contributed by atoms with Crippen LogP contribution in [0.2, 0.25) is 0 Å². The molecule has 0 saturated carbocycles. The molecule has 14 nitrogen and oxygen atoms in total. The van der Waals surface area contributed by atoms with Gasteiger partial charge in [0.1, 0.15) is 25.6 Å². The van der Waals surface area contributed by atoms with Gasteiger partial charge in [0.2, 0.25) is 5.75 Å². The van der Waals surface area contributed by atoms with Crippen molar-refractivity contribution in [2.75, 3.05) is 140 Å². The number of methoxy groups -OCH3 is 3. The molecule has 0 atom stereocenters. The lowest BCUT2D eigenvalue weighted by molar-refractivity contribution is 0.0146. The van der Waals surface area contributed by atoms with Gasteiger partial charge < -0.3 is 61.9 Å². The fourth-order valence-electron chi connectivity index (χ4n) is 4.04. The number of nitriles is 1. The minimum absolute atomic E-state index is 0.106. The van der Waals surface area contributed by atoms with Gasteiger partial charge in [0.15, 0.2) is 11.5 Å². The molecule has 0 aliphatic carbocycles. The summed E-state index contributed by atoms with van der Waals surface area (Å²) in [6.45, 7) is 7.06. The van der Waals surface area contributed by atoms with Crippen LogP contribution < -0.4 is 14.2 Å². The van der Waals surface area contributed by atoms with Crippen molar-refractivity contribution in [3.8, 4) is 29.1 Å². The summed E-state index contributed by atoms with van der Waals surface area (Å²) < 4.78 is 66.7. The van der Waals surface area contributed by atoms with Crippen molar-refractivity contribution in [2.45, 2.75) is 0 Å². The van der Waals surface area contributed by atoms with Gasteiger partial charge in [-0.1, -0.05) is 0 Å². The third kappa shape index (κ3) is 19.6. The van der Waals surface area contributed by atoms with Crippen LogP contribution in [0.1, 0.15) is 11.1 Å². The van der Waals surface area contributed by atoms with E-state index in [0.717, 1.165) is 0 Å². The Labute approximate surface area is 295 Å². The highest BCUT2D eigenvalue weighted by Gasteiger charge is 2.17. The highest BCUT2D eigenvalue weighted by molar-refractivity contribution is 5.90. The molecule has 0 aliphatic rings. The molecular weight excluding hydrogens is 654 g/mol. The monoisotopic (exact) mass is 707 g/mol. The minimum Gasteiger partial charge on any atom is -0.508 e. The molecule has 2 rings (SSSR count). The van der Waals surface area contributed by atoms with Crippen LogP contribution in [-0.4, -0.2) is 145 Å². The summed E-state index contributed by atoms with van der Waals surface area (Å²) in [5.74, 6) is 1.27. The normalized spacial score (nSPS) is 11.4. The van der Waals surface area contributed by atoms with Gasteiger partial charge in [-0.3, -0.25) is 0 Å². The fraction of sp³-hybridized carbons (Fsp3) is 0.583. The van der Waals surface area contributed by atoms with E-state index in [0.29, 0.717) is 133 Å². The maximum atomic E-state index is 9.97. The van der Waals surface area contributed by atoms with Crippen LogP contribution in [0.3, 0.4) is 0 Å². The molecule has 0 amide bonds. The molecule has 0 spiro atoms. The van der Waals surface area contributed by atoms with Crippen LogP contribution in [-0.2, 0) is 42.6 Å². The van der Waals surface area contributed by atoms with Crippen molar-refractivity contribution >= 4 is 11.6 Å². The number of hydrogen-bond donors (Lipinski definition) is 1. The van der Waals surface area contributed by atoms with Crippen LogP contribution in [0, 0.1) is 11.3 Å². The highest BCUT2D eigenvalue weighted by atomic mass is 16.6. The van der Waals surface area contributed by atoms with E-state index in [2.05, 4.69) is 6.07 Å². The van der Waals surface area contributed by atoms with Gasteiger partial charge in [-0.05, 0) is 53.6 Å². The Morgan fingerprint density at radius 1 is 0.540 bits per heavy atom. The first-order valence-electron chi connectivity index (χ1n) is 16.5. The molecule has 0 aliphatic heterocycles. The zero-order chi connectivity index (χ0) is 35.9. The quantitative estimate of drug-likeness (QED) is 0.0669. The van der Waals surface area contributed by atoms with E-state index >= 15 is 0 Å². The second kappa shape index (κ2) is 29.3. The topological polar surface area (TPSA) is 155 Å². The second-order valence-corrected chi connectivity index (χ2v) is 10.3. The third-order valence-electron chi connectivity index (χ3n) is 6.51. The van der Waals surface area contributed by atoms with E-state index in [1.807, 2.05) is 0 Å². The van der Waals surface area contributed by atoms with Crippen LogP contribution in [0.4, 0.5) is 0 Å². The zero-order valence-electron chi connectivity index (χ0n) is 29.6. The molecule has 50 heavy (non-hydrogen) atoms. The first kappa shape index (κ1) is 42.7. The van der Waals surface area contributed by atoms with Gasteiger partial charge in [-0.2, -0.15) is 5.26 Å². The Kier molecular flexibility index (Phi) is 25.0.